The Labute approximate surface area is 175 Å². The lowest BCUT2D eigenvalue weighted by atomic mass is 9.93. The molecule has 2 aliphatic rings. The minimum absolute atomic E-state index is 0.352. The molecule has 3 aromatic heterocycles. The smallest absolute Gasteiger partial charge is 0.183 e. The maximum Gasteiger partial charge on any atom is 0.183 e. The first-order chi connectivity index (χ1) is 14.3. The zero-order chi connectivity index (χ0) is 19.6. The lowest BCUT2D eigenvalue weighted by Crippen LogP contribution is -2.24. The number of rotatable bonds is 5. The molecule has 1 saturated heterocycles. The quantitative estimate of drug-likeness (QED) is 0.662. The van der Waals surface area contributed by atoms with E-state index in [1.165, 1.54) is 28.7 Å². The average Bonchev–Trinajstić information content (AvgIpc) is 3.14. The van der Waals surface area contributed by atoms with Gasteiger partial charge in [0.15, 0.2) is 5.82 Å². The highest BCUT2D eigenvalue weighted by molar-refractivity contribution is 7.19. The van der Waals surface area contributed by atoms with Crippen LogP contribution in [0.15, 0.2) is 18.6 Å². The minimum Gasteiger partial charge on any atom is -0.381 e. The van der Waals surface area contributed by atoms with Crippen molar-refractivity contribution in [2.75, 3.05) is 18.5 Å². The van der Waals surface area contributed by atoms with E-state index in [2.05, 4.69) is 22.2 Å². The molecule has 152 valence electrons. The molecule has 29 heavy (non-hydrogen) atoms. The van der Waals surface area contributed by atoms with Crippen LogP contribution in [0.5, 0.6) is 0 Å². The summed E-state index contributed by atoms with van der Waals surface area (Å²) < 4.78 is 5.52. The van der Waals surface area contributed by atoms with Crippen molar-refractivity contribution in [3.63, 3.8) is 0 Å². The number of fused-ring (bicyclic) bond motifs is 3. The van der Waals surface area contributed by atoms with Gasteiger partial charge in [-0.2, -0.15) is 0 Å². The van der Waals surface area contributed by atoms with Gasteiger partial charge in [-0.1, -0.05) is 0 Å². The highest BCUT2D eigenvalue weighted by atomic mass is 32.1. The molecule has 1 aliphatic carbocycles. The van der Waals surface area contributed by atoms with Gasteiger partial charge in [-0.15, -0.1) is 11.3 Å². The molecule has 4 heterocycles. The van der Waals surface area contributed by atoms with E-state index in [1.54, 1.807) is 18.6 Å². The van der Waals surface area contributed by atoms with Gasteiger partial charge in [-0.25, -0.2) is 15.0 Å². The van der Waals surface area contributed by atoms with Crippen LogP contribution in [0.1, 0.15) is 49.5 Å². The molecule has 0 saturated carbocycles. The minimum atomic E-state index is 0.352. The third-order valence-electron chi connectivity index (χ3n) is 6.02. The lowest BCUT2D eigenvalue weighted by Gasteiger charge is -2.26. The first kappa shape index (κ1) is 18.9. The fourth-order valence-corrected chi connectivity index (χ4v) is 5.83. The highest BCUT2D eigenvalue weighted by Gasteiger charge is 2.23. The van der Waals surface area contributed by atoms with Crippen LogP contribution in [0.25, 0.3) is 21.7 Å². The van der Waals surface area contributed by atoms with Gasteiger partial charge in [0.25, 0.3) is 0 Å². The van der Waals surface area contributed by atoms with Crippen molar-refractivity contribution in [2.24, 2.45) is 5.92 Å². The SMILES string of the molecule is CC(CC1CCOCC1)Nc1nc(-c2cnccn2)nc2sc3c(c12)CCCC3. The van der Waals surface area contributed by atoms with Gasteiger partial charge in [-0.3, -0.25) is 4.98 Å². The van der Waals surface area contributed by atoms with E-state index in [-0.39, 0.29) is 0 Å². The largest absolute Gasteiger partial charge is 0.381 e. The molecule has 0 bridgehead atoms. The van der Waals surface area contributed by atoms with Crippen LogP contribution < -0.4 is 5.32 Å². The molecule has 1 fully saturated rings. The lowest BCUT2D eigenvalue weighted by molar-refractivity contribution is 0.0629. The summed E-state index contributed by atoms with van der Waals surface area (Å²) in [6.45, 7) is 4.05. The summed E-state index contributed by atoms with van der Waals surface area (Å²) in [6, 6.07) is 0.352. The van der Waals surface area contributed by atoms with Gasteiger partial charge in [0.2, 0.25) is 0 Å². The van der Waals surface area contributed by atoms with E-state index in [9.17, 15) is 0 Å². The fraction of sp³-hybridized carbons (Fsp3) is 0.545. The number of nitrogens with zero attached hydrogens (tertiary/aromatic N) is 4. The van der Waals surface area contributed by atoms with E-state index in [0.29, 0.717) is 11.9 Å². The zero-order valence-corrected chi connectivity index (χ0v) is 17.7. The molecule has 1 aliphatic heterocycles. The Hall–Kier alpha value is -2.12. The highest BCUT2D eigenvalue weighted by Crippen LogP contribution is 2.39. The number of nitrogens with one attached hydrogen (secondary N) is 1. The van der Waals surface area contributed by atoms with Gasteiger partial charge in [-0.05, 0) is 63.4 Å². The standard InChI is InChI=1S/C22H27N5OS/c1-14(12-15-6-10-28-11-7-15)25-21-19-16-4-2-3-5-18(16)29-22(19)27-20(26-21)17-13-23-8-9-24-17/h8-9,13-15H,2-7,10-12H2,1H3,(H,25,26,27). The normalized spacial score (nSPS) is 18.5. The van der Waals surface area contributed by atoms with E-state index in [0.717, 1.165) is 67.6 Å². The van der Waals surface area contributed by atoms with Crippen LogP contribution in [0.2, 0.25) is 0 Å². The first-order valence-corrected chi connectivity index (χ1v) is 11.5. The summed E-state index contributed by atoms with van der Waals surface area (Å²) in [7, 11) is 0. The Morgan fingerprint density at radius 2 is 2.03 bits per heavy atom. The summed E-state index contributed by atoms with van der Waals surface area (Å²) >= 11 is 1.83. The van der Waals surface area contributed by atoms with Gasteiger partial charge in [0.1, 0.15) is 16.3 Å². The van der Waals surface area contributed by atoms with Crippen molar-refractivity contribution >= 4 is 27.4 Å². The predicted octanol–water partition coefficient (Wildman–Crippen LogP) is 4.64. The zero-order valence-electron chi connectivity index (χ0n) is 16.9. The number of aromatic nitrogens is 4. The second kappa shape index (κ2) is 8.32. The van der Waals surface area contributed by atoms with Crippen LogP contribution in [-0.4, -0.2) is 39.2 Å². The molecule has 7 heteroatoms. The Morgan fingerprint density at radius 3 is 2.86 bits per heavy atom. The molecule has 0 aromatic carbocycles. The molecule has 0 spiro atoms. The number of hydrogen-bond acceptors (Lipinski definition) is 7. The molecule has 1 atom stereocenters. The van der Waals surface area contributed by atoms with E-state index < -0.39 is 0 Å². The van der Waals surface area contributed by atoms with Gasteiger partial charge >= 0.3 is 0 Å². The summed E-state index contributed by atoms with van der Waals surface area (Å²) in [5.74, 6) is 2.35. The molecule has 3 aromatic rings. The monoisotopic (exact) mass is 409 g/mol. The number of aryl methyl sites for hydroxylation is 2. The first-order valence-electron chi connectivity index (χ1n) is 10.7. The Balaban J connectivity index is 1.51. The van der Waals surface area contributed by atoms with Crippen molar-refractivity contribution in [3.05, 3.63) is 29.0 Å². The van der Waals surface area contributed by atoms with Crippen molar-refractivity contribution in [1.82, 2.24) is 19.9 Å². The number of ether oxygens (including phenoxy) is 1. The molecule has 5 rings (SSSR count). The fourth-order valence-electron chi connectivity index (χ4n) is 4.57. The van der Waals surface area contributed by atoms with Gasteiger partial charge < -0.3 is 10.1 Å². The van der Waals surface area contributed by atoms with Gasteiger partial charge in [0, 0.05) is 36.5 Å². The maximum absolute atomic E-state index is 5.52. The third kappa shape index (κ3) is 3.98. The van der Waals surface area contributed by atoms with E-state index >= 15 is 0 Å². The number of thiophene rings is 1. The van der Waals surface area contributed by atoms with Gasteiger partial charge in [0.05, 0.1) is 11.6 Å². The maximum atomic E-state index is 5.52. The third-order valence-corrected chi connectivity index (χ3v) is 7.20. The van der Waals surface area contributed by atoms with Crippen LogP contribution in [0, 0.1) is 5.92 Å². The summed E-state index contributed by atoms with van der Waals surface area (Å²) in [5.41, 5.74) is 2.18. The van der Waals surface area contributed by atoms with Crippen LogP contribution in [0.4, 0.5) is 5.82 Å². The Kier molecular flexibility index (Phi) is 5.42. The second-order valence-corrected chi connectivity index (χ2v) is 9.30. The second-order valence-electron chi connectivity index (χ2n) is 8.21. The van der Waals surface area contributed by atoms with Crippen molar-refractivity contribution in [1.29, 1.82) is 0 Å². The molecule has 6 nitrogen and oxygen atoms in total. The van der Waals surface area contributed by atoms with Crippen molar-refractivity contribution in [3.8, 4) is 11.5 Å². The Morgan fingerprint density at radius 1 is 1.17 bits per heavy atom. The van der Waals surface area contributed by atoms with Crippen LogP contribution >= 0.6 is 11.3 Å². The molecule has 1 unspecified atom stereocenters. The van der Waals surface area contributed by atoms with Crippen molar-refractivity contribution < 1.29 is 4.74 Å². The van der Waals surface area contributed by atoms with Crippen molar-refractivity contribution in [2.45, 2.75) is 57.9 Å². The average molecular weight is 410 g/mol. The van der Waals surface area contributed by atoms with Crippen LogP contribution in [-0.2, 0) is 17.6 Å². The summed E-state index contributed by atoms with van der Waals surface area (Å²) in [6.07, 6.45) is 13.4. The van der Waals surface area contributed by atoms with E-state index in [4.69, 9.17) is 14.7 Å². The molecular formula is C22H27N5OS. The Bertz CT molecular complexity index is 984. The number of anilines is 1. The molecule has 0 amide bonds. The summed E-state index contributed by atoms with van der Waals surface area (Å²) in [5, 5.41) is 4.98. The summed E-state index contributed by atoms with van der Waals surface area (Å²) in [4.78, 5) is 21.0. The van der Waals surface area contributed by atoms with Crippen LogP contribution in [0.3, 0.4) is 0 Å². The number of hydrogen-bond donors (Lipinski definition) is 1. The predicted molar refractivity (Wildman–Crippen MR) is 116 cm³/mol. The van der Waals surface area contributed by atoms with E-state index in [1.807, 2.05) is 11.3 Å². The molecule has 1 N–H and O–H groups in total. The molecular weight excluding hydrogens is 382 g/mol. The topological polar surface area (TPSA) is 72.8 Å². The molecule has 0 radical (unpaired) electrons.